The summed E-state index contributed by atoms with van der Waals surface area (Å²) in [7, 11) is 0. The highest BCUT2D eigenvalue weighted by atomic mass is 35.5. The molecule has 2 aromatic carbocycles. The van der Waals surface area contributed by atoms with E-state index in [1.165, 1.54) is 13.3 Å². The Kier molecular flexibility index (Phi) is 4.54. The summed E-state index contributed by atoms with van der Waals surface area (Å²) in [6, 6.07) is 15.1. The number of hydrogen-bond donors (Lipinski definition) is 2. The number of benzene rings is 2. The zero-order chi connectivity index (χ0) is 16.5. The number of nitrogens with zero attached hydrogens (tertiary/aromatic N) is 2. The van der Waals surface area contributed by atoms with Crippen LogP contribution in [-0.2, 0) is 4.79 Å². The summed E-state index contributed by atoms with van der Waals surface area (Å²) in [5, 5.41) is 6.92. The molecular formula is C18H15ClN4O2. The van der Waals surface area contributed by atoms with E-state index in [2.05, 4.69) is 20.6 Å². The molecule has 4 rings (SSSR count). The number of furan rings is 1. The lowest BCUT2D eigenvalue weighted by atomic mass is 10.2. The summed E-state index contributed by atoms with van der Waals surface area (Å²) in [6.07, 6.45) is 1.51. The number of carbonyl (C=O) groups excluding carboxylic acids is 1. The summed E-state index contributed by atoms with van der Waals surface area (Å²) < 4.78 is 5.89. The Hall–Kier alpha value is -3.12. The van der Waals surface area contributed by atoms with E-state index in [1.54, 1.807) is 0 Å². The highest BCUT2D eigenvalue weighted by Crippen LogP contribution is 2.31. The number of aromatic nitrogens is 2. The van der Waals surface area contributed by atoms with E-state index >= 15 is 0 Å². The van der Waals surface area contributed by atoms with Crippen molar-refractivity contribution in [1.82, 2.24) is 9.97 Å². The normalized spacial score (nSPS) is 10.4. The van der Waals surface area contributed by atoms with Gasteiger partial charge in [0.05, 0.1) is 0 Å². The van der Waals surface area contributed by atoms with Gasteiger partial charge in [-0.05, 0) is 36.4 Å². The molecule has 0 aliphatic rings. The molecule has 7 heteroatoms. The maximum absolute atomic E-state index is 11.1. The maximum Gasteiger partial charge on any atom is 0.221 e. The summed E-state index contributed by atoms with van der Waals surface area (Å²) in [5.41, 5.74) is 3.74. The number of carbonyl (C=O) groups is 1. The standard InChI is InChI=1S/C18H14N4O2.ClH/c1-11(23)21-12-6-8-13(9-7-12)22-18-17-16(19-10-20-18)14-4-2-3-5-15(14)24-17;/h2-10H,1H3,(H,21,23)(H,19,20,22);1H. The molecule has 6 nitrogen and oxygen atoms in total. The highest BCUT2D eigenvalue weighted by molar-refractivity contribution is 6.05. The van der Waals surface area contributed by atoms with Crippen LogP contribution in [0.2, 0.25) is 0 Å². The van der Waals surface area contributed by atoms with Crippen LogP contribution in [0, 0.1) is 0 Å². The largest absolute Gasteiger partial charge is 0.450 e. The molecule has 0 saturated carbocycles. The van der Waals surface area contributed by atoms with Crippen LogP contribution in [0.25, 0.3) is 22.1 Å². The molecule has 0 atom stereocenters. The molecule has 0 fully saturated rings. The highest BCUT2D eigenvalue weighted by Gasteiger charge is 2.12. The molecule has 0 bridgehead atoms. The van der Waals surface area contributed by atoms with Crippen molar-refractivity contribution in [2.75, 3.05) is 10.6 Å². The number of halogens is 1. The summed E-state index contributed by atoms with van der Waals surface area (Å²) in [6.45, 7) is 1.48. The van der Waals surface area contributed by atoms with Crippen LogP contribution in [0.4, 0.5) is 17.2 Å². The Morgan fingerprint density at radius 1 is 1.00 bits per heavy atom. The minimum absolute atomic E-state index is 0. The van der Waals surface area contributed by atoms with Gasteiger partial charge in [-0.2, -0.15) is 0 Å². The van der Waals surface area contributed by atoms with Gasteiger partial charge in [0, 0.05) is 23.7 Å². The van der Waals surface area contributed by atoms with Crippen LogP contribution in [0.5, 0.6) is 0 Å². The van der Waals surface area contributed by atoms with E-state index in [0.29, 0.717) is 11.4 Å². The van der Waals surface area contributed by atoms with Gasteiger partial charge in [-0.25, -0.2) is 9.97 Å². The van der Waals surface area contributed by atoms with Gasteiger partial charge in [0.2, 0.25) is 5.91 Å². The molecule has 0 saturated heterocycles. The molecular weight excluding hydrogens is 340 g/mol. The van der Waals surface area contributed by atoms with E-state index in [0.717, 1.165) is 27.9 Å². The van der Waals surface area contributed by atoms with Gasteiger partial charge >= 0.3 is 0 Å². The number of nitrogens with one attached hydrogen (secondary N) is 2. The zero-order valence-electron chi connectivity index (χ0n) is 13.3. The number of rotatable bonds is 3. The van der Waals surface area contributed by atoms with Crippen molar-refractivity contribution in [3.8, 4) is 0 Å². The van der Waals surface area contributed by atoms with Crippen LogP contribution < -0.4 is 10.6 Å². The monoisotopic (exact) mass is 354 g/mol. The first-order valence-electron chi connectivity index (χ1n) is 7.47. The number of fused-ring (bicyclic) bond motifs is 3. The average Bonchev–Trinajstić information content (AvgIpc) is 2.96. The van der Waals surface area contributed by atoms with E-state index in [4.69, 9.17) is 4.42 Å². The van der Waals surface area contributed by atoms with Gasteiger partial charge in [0.1, 0.15) is 17.4 Å². The number of anilines is 3. The molecule has 2 heterocycles. The van der Waals surface area contributed by atoms with Crippen LogP contribution in [-0.4, -0.2) is 15.9 Å². The molecule has 0 spiro atoms. The fourth-order valence-corrected chi connectivity index (χ4v) is 2.59. The van der Waals surface area contributed by atoms with Crippen molar-refractivity contribution in [2.45, 2.75) is 6.92 Å². The Bertz CT molecular complexity index is 1040. The second kappa shape index (κ2) is 6.78. The Morgan fingerprint density at radius 2 is 1.72 bits per heavy atom. The minimum atomic E-state index is -0.101. The first kappa shape index (κ1) is 16.7. The van der Waals surface area contributed by atoms with E-state index < -0.39 is 0 Å². The lowest BCUT2D eigenvalue weighted by Crippen LogP contribution is -2.05. The molecule has 0 aliphatic heterocycles. The summed E-state index contributed by atoms with van der Waals surface area (Å²) in [4.78, 5) is 19.7. The first-order chi connectivity index (χ1) is 11.7. The molecule has 25 heavy (non-hydrogen) atoms. The number of hydrogen-bond acceptors (Lipinski definition) is 5. The SMILES string of the molecule is CC(=O)Nc1ccc(Nc2ncnc3c2oc2ccccc23)cc1.Cl. The lowest BCUT2D eigenvalue weighted by molar-refractivity contribution is -0.114. The number of amides is 1. The van der Waals surface area contributed by atoms with Crippen LogP contribution >= 0.6 is 12.4 Å². The molecule has 4 aromatic rings. The topological polar surface area (TPSA) is 80.0 Å². The van der Waals surface area contributed by atoms with E-state index in [1.807, 2.05) is 48.5 Å². The molecule has 2 N–H and O–H groups in total. The Balaban J connectivity index is 0.00000182. The summed E-state index contributed by atoms with van der Waals surface area (Å²) in [5.74, 6) is 0.499. The zero-order valence-corrected chi connectivity index (χ0v) is 14.1. The van der Waals surface area contributed by atoms with Crippen molar-refractivity contribution >= 4 is 57.6 Å². The molecule has 0 radical (unpaired) electrons. The van der Waals surface area contributed by atoms with Crippen LogP contribution in [0.1, 0.15) is 6.92 Å². The maximum atomic E-state index is 11.1. The van der Waals surface area contributed by atoms with Gasteiger partial charge < -0.3 is 15.1 Å². The predicted molar refractivity (Wildman–Crippen MR) is 101 cm³/mol. The van der Waals surface area contributed by atoms with Crippen molar-refractivity contribution in [3.05, 3.63) is 54.9 Å². The van der Waals surface area contributed by atoms with Gasteiger partial charge in [0.15, 0.2) is 11.4 Å². The summed E-state index contributed by atoms with van der Waals surface area (Å²) >= 11 is 0. The van der Waals surface area contributed by atoms with E-state index in [-0.39, 0.29) is 18.3 Å². The Labute approximate surface area is 149 Å². The number of para-hydroxylation sites is 1. The second-order valence-corrected chi connectivity index (χ2v) is 5.38. The molecule has 0 aliphatic carbocycles. The minimum Gasteiger partial charge on any atom is -0.450 e. The second-order valence-electron chi connectivity index (χ2n) is 5.38. The third-order valence-electron chi connectivity index (χ3n) is 3.63. The third-order valence-corrected chi connectivity index (χ3v) is 3.63. The lowest BCUT2D eigenvalue weighted by Gasteiger charge is -2.07. The van der Waals surface area contributed by atoms with Gasteiger partial charge in [-0.15, -0.1) is 12.4 Å². The van der Waals surface area contributed by atoms with Crippen molar-refractivity contribution in [2.24, 2.45) is 0 Å². The van der Waals surface area contributed by atoms with Crippen molar-refractivity contribution < 1.29 is 9.21 Å². The average molecular weight is 355 g/mol. The Morgan fingerprint density at radius 3 is 2.48 bits per heavy atom. The molecule has 2 aromatic heterocycles. The van der Waals surface area contributed by atoms with Crippen LogP contribution in [0.3, 0.4) is 0 Å². The van der Waals surface area contributed by atoms with Crippen molar-refractivity contribution in [3.63, 3.8) is 0 Å². The predicted octanol–water partition coefficient (Wildman–Crippen LogP) is 4.50. The van der Waals surface area contributed by atoms with Crippen LogP contribution in [0.15, 0.2) is 59.3 Å². The fourth-order valence-electron chi connectivity index (χ4n) is 2.59. The van der Waals surface area contributed by atoms with Crippen molar-refractivity contribution in [1.29, 1.82) is 0 Å². The quantitative estimate of drug-likeness (QED) is 0.566. The molecule has 126 valence electrons. The van der Waals surface area contributed by atoms with Gasteiger partial charge in [0.25, 0.3) is 0 Å². The molecule has 1 amide bonds. The third kappa shape index (κ3) is 3.25. The first-order valence-corrected chi connectivity index (χ1v) is 7.47. The smallest absolute Gasteiger partial charge is 0.221 e. The fraction of sp³-hybridized carbons (Fsp3) is 0.0556. The van der Waals surface area contributed by atoms with Gasteiger partial charge in [-0.3, -0.25) is 4.79 Å². The molecule has 0 unspecified atom stereocenters. The van der Waals surface area contributed by atoms with E-state index in [9.17, 15) is 4.79 Å². The van der Waals surface area contributed by atoms with Gasteiger partial charge in [-0.1, -0.05) is 12.1 Å².